The van der Waals surface area contributed by atoms with Crippen LogP contribution in [0.25, 0.3) is 0 Å². The van der Waals surface area contributed by atoms with Gasteiger partial charge in [0.2, 0.25) is 0 Å². The van der Waals surface area contributed by atoms with Crippen LogP contribution < -0.4 is 5.32 Å². The molecule has 0 spiro atoms. The number of rotatable bonds is 7. The maximum atomic E-state index is 11.8. The Kier molecular flexibility index (Phi) is 6.18. The smallest absolute Gasteiger partial charge is 0.255 e. The van der Waals surface area contributed by atoms with Crippen molar-refractivity contribution in [2.45, 2.75) is 6.92 Å². The van der Waals surface area contributed by atoms with E-state index in [0.29, 0.717) is 26.4 Å². The van der Waals surface area contributed by atoms with E-state index in [9.17, 15) is 9.90 Å². The van der Waals surface area contributed by atoms with E-state index in [4.69, 9.17) is 9.47 Å². The van der Waals surface area contributed by atoms with Crippen molar-refractivity contribution in [3.05, 3.63) is 29.3 Å². The van der Waals surface area contributed by atoms with Crippen molar-refractivity contribution >= 4 is 5.91 Å². The van der Waals surface area contributed by atoms with Crippen molar-refractivity contribution in [3.8, 4) is 5.75 Å². The van der Waals surface area contributed by atoms with Gasteiger partial charge < -0.3 is 19.9 Å². The molecule has 0 bridgehead atoms. The van der Waals surface area contributed by atoms with E-state index in [2.05, 4.69) is 5.32 Å². The molecule has 100 valence electrons. The lowest BCUT2D eigenvalue weighted by Crippen LogP contribution is -2.27. The predicted molar refractivity (Wildman–Crippen MR) is 67.9 cm³/mol. The molecule has 0 radical (unpaired) electrons. The molecule has 0 heterocycles. The van der Waals surface area contributed by atoms with E-state index >= 15 is 0 Å². The van der Waals surface area contributed by atoms with Gasteiger partial charge in [-0.15, -0.1) is 0 Å². The van der Waals surface area contributed by atoms with Gasteiger partial charge in [0.05, 0.1) is 25.4 Å². The first-order valence-electron chi connectivity index (χ1n) is 5.79. The molecule has 1 amide bonds. The van der Waals surface area contributed by atoms with E-state index in [-0.39, 0.29) is 17.2 Å². The molecule has 0 aliphatic rings. The van der Waals surface area contributed by atoms with Crippen molar-refractivity contribution in [2.75, 3.05) is 33.5 Å². The van der Waals surface area contributed by atoms with Crippen LogP contribution in [0.3, 0.4) is 0 Å². The molecule has 1 aromatic carbocycles. The fourth-order valence-electron chi connectivity index (χ4n) is 1.41. The molecule has 0 atom stereocenters. The van der Waals surface area contributed by atoms with Gasteiger partial charge in [0, 0.05) is 13.7 Å². The fourth-order valence-corrected chi connectivity index (χ4v) is 1.41. The molecule has 1 aromatic rings. The summed E-state index contributed by atoms with van der Waals surface area (Å²) >= 11 is 0. The molecule has 1 rings (SSSR count). The van der Waals surface area contributed by atoms with Crippen LogP contribution in [0.15, 0.2) is 18.2 Å². The number of ether oxygens (including phenoxy) is 2. The average molecular weight is 253 g/mol. The zero-order valence-corrected chi connectivity index (χ0v) is 10.7. The summed E-state index contributed by atoms with van der Waals surface area (Å²) in [7, 11) is 1.60. The van der Waals surface area contributed by atoms with E-state index in [1.165, 1.54) is 6.07 Å². The molecule has 0 saturated heterocycles. The summed E-state index contributed by atoms with van der Waals surface area (Å²) in [6, 6.07) is 4.91. The third kappa shape index (κ3) is 4.73. The van der Waals surface area contributed by atoms with Gasteiger partial charge in [0.25, 0.3) is 5.91 Å². The van der Waals surface area contributed by atoms with Crippen molar-refractivity contribution < 1.29 is 19.4 Å². The van der Waals surface area contributed by atoms with Crippen molar-refractivity contribution in [2.24, 2.45) is 0 Å². The number of aryl methyl sites for hydroxylation is 1. The van der Waals surface area contributed by atoms with Crippen molar-refractivity contribution in [1.29, 1.82) is 0 Å². The van der Waals surface area contributed by atoms with Gasteiger partial charge in [0.1, 0.15) is 5.75 Å². The zero-order chi connectivity index (χ0) is 13.4. The number of nitrogens with one attached hydrogen (secondary N) is 1. The zero-order valence-electron chi connectivity index (χ0n) is 10.7. The van der Waals surface area contributed by atoms with Crippen LogP contribution in [-0.2, 0) is 9.47 Å². The van der Waals surface area contributed by atoms with Gasteiger partial charge in [-0.1, -0.05) is 11.6 Å². The van der Waals surface area contributed by atoms with Crippen LogP contribution in [0.1, 0.15) is 15.9 Å². The maximum absolute atomic E-state index is 11.8. The van der Waals surface area contributed by atoms with Crippen LogP contribution in [0.2, 0.25) is 0 Å². The highest BCUT2D eigenvalue weighted by Gasteiger charge is 2.10. The molecule has 0 fully saturated rings. The Hall–Kier alpha value is -1.59. The number of methoxy groups -OCH3 is 1. The molecule has 5 heteroatoms. The third-order valence-electron chi connectivity index (χ3n) is 2.36. The van der Waals surface area contributed by atoms with Gasteiger partial charge in [0.15, 0.2) is 0 Å². The standard InChI is InChI=1S/C13H19NO4/c1-10-3-4-12(15)11(9-10)13(16)14-5-6-18-8-7-17-2/h3-4,9,15H,5-8H2,1-2H3,(H,14,16). The lowest BCUT2D eigenvalue weighted by atomic mass is 10.1. The number of phenolic OH excluding ortho intramolecular Hbond substituents is 1. The SMILES string of the molecule is COCCOCCNC(=O)c1cc(C)ccc1O. The molecule has 0 unspecified atom stereocenters. The lowest BCUT2D eigenvalue weighted by Gasteiger charge is -2.08. The molecule has 0 aromatic heterocycles. The summed E-state index contributed by atoms with van der Waals surface area (Å²) in [5.74, 6) is -0.315. The Morgan fingerprint density at radius 3 is 2.83 bits per heavy atom. The highest BCUT2D eigenvalue weighted by molar-refractivity contribution is 5.96. The molecule has 0 aliphatic carbocycles. The number of benzene rings is 1. The quantitative estimate of drug-likeness (QED) is 0.714. The lowest BCUT2D eigenvalue weighted by molar-refractivity contribution is 0.0692. The van der Waals surface area contributed by atoms with E-state index in [0.717, 1.165) is 5.56 Å². The number of phenols is 1. The van der Waals surface area contributed by atoms with Crippen LogP contribution in [0, 0.1) is 6.92 Å². The second-order valence-electron chi connectivity index (χ2n) is 3.88. The second-order valence-corrected chi connectivity index (χ2v) is 3.88. The first kappa shape index (κ1) is 14.5. The minimum Gasteiger partial charge on any atom is -0.507 e. The van der Waals surface area contributed by atoms with Gasteiger partial charge in [-0.3, -0.25) is 4.79 Å². The summed E-state index contributed by atoms with van der Waals surface area (Å²) in [5.41, 5.74) is 1.21. The van der Waals surface area contributed by atoms with Gasteiger partial charge in [-0.25, -0.2) is 0 Å². The summed E-state index contributed by atoms with van der Waals surface area (Å²) in [6.45, 7) is 3.72. The number of aromatic hydroxyl groups is 1. The minimum atomic E-state index is -0.299. The minimum absolute atomic E-state index is 0.0154. The van der Waals surface area contributed by atoms with Gasteiger partial charge in [-0.05, 0) is 19.1 Å². The normalized spacial score (nSPS) is 10.3. The highest BCUT2D eigenvalue weighted by atomic mass is 16.5. The number of hydrogen-bond acceptors (Lipinski definition) is 4. The van der Waals surface area contributed by atoms with Gasteiger partial charge in [-0.2, -0.15) is 0 Å². The predicted octanol–water partition coefficient (Wildman–Crippen LogP) is 1.09. The summed E-state index contributed by atoms with van der Waals surface area (Å²) in [6.07, 6.45) is 0. The average Bonchev–Trinajstić information content (AvgIpc) is 2.36. The van der Waals surface area contributed by atoms with E-state index in [1.54, 1.807) is 19.2 Å². The third-order valence-corrected chi connectivity index (χ3v) is 2.36. The first-order valence-corrected chi connectivity index (χ1v) is 5.79. The van der Waals surface area contributed by atoms with Crippen LogP contribution in [0.4, 0.5) is 0 Å². The molecule has 2 N–H and O–H groups in total. The molecule has 0 saturated carbocycles. The number of amides is 1. The van der Waals surface area contributed by atoms with Gasteiger partial charge >= 0.3 is 0 Å². The van der Waals surface area contributed by atoms with E-state index < -0.39 is 0 Å². The topological polar surface area (TPSA) is 67.8 Å². The van der Waals surface area contributed by atoms with Crippen molar-refractivity contribution in [3.63, 3.8) is 0 Å². The van der Waals surface area contributed by atoms with Crippen LogP contribution in [-0.4, -0.2) is 44.5 Å². The fraction of sp³-hybridized carbons (Fsp3) is 0.462. The summed E-state index contributed by atoms with van der Waals surface area (Å²) < 4.78 is 10.0. The van der Waals surface area contributed by atoms with Crippen LogP contribution >= 0.6 is 0 Å². The second kappa shape index (κ2) is 7.68. The summed E-state index contributed by atoms with van der Waals surface area (Å²) in [5, 5.41) is 12.2. The Labute approximate surface area is 107 Å². The Morgan fingerprint density at radius 1 is 1.33 bits per heavy atom. The summed E-state index contributed by atoms with van der Waals surface area (Å²) in [4.78, 5) is 11.8. The largest absolute Gasteiger partial charge is 0.507 e. The highest BCUT2D eigenvalue weighted by Crippen LogP contribution is 2.17. The molecule has 0 aliphatic heterocycles. The maximum Gasteiger partial charge on any atom is 0.255 e. The number of carbonyl (C=O) groups is 1. The Morgan fingerprint density at radius 2 is 2.11 bits per heavy atom. The van der Waals surface area contributed by atoms with Crippen molar-refractivity contribution in [1.82, 2.24) is 5.32 Å². The van der Waals surface area contributed by atoms with Crippen LogP contribution in [0.5, 0.6) is 5.75 Å². The Bertz CT molecular complexity index is 393. The molecular formula is C13H19NO4. The van der Waals surface area contributed by atoms with E-state index in [1.807, 2.05) is 6.92 Å². The monoisotopic (exact) mass is 253 g/mol. The Balaban J connectivity index is 2.34. The number of hydrogen-bond donors (Lipinski definition) is 2. The molecular weight excluding hydrogens is 234 g/mol. The first-order chi connectivity index (χ1) is 8.65. The molecule has 18 heavy (non-hydrogen) atoms. The molecule has 5 nitrogen and oxygen atoms in total. The number of carbonyl (C=O) groups excluding carboxylic acids is 1.